The molecule has 0 bridgehead atoms. The molecular weight excluding hydrogens is 328 g/mol. The zero-order chi connectivity index (χ0) is 18.3. The van der Waals surface area contributed by atoms with Gasteiger partial charge in [-0.25, -0.2) is 4.79 Å². The summed E-state index contributed by atoms with van der Waals surface area (Å²) in [6.07, 6.45) is -0.339. The van der Waals surface area contributed by atoms with Gasteiger partial charge in [0.2, 0.25) is 11.5 Å². The van der Waals surface area contributed by atoms with Crippen molar-refractivity contribution in [2.75, 3.05) is 20.3 Å². The second-order valence-electron chi connectivity index (χ2n) is 5.19. The Kier molecular flexibility index (Phi) is 6.41. The van der Waals surface area contributed by atoms with Gasteiger partial charge >= 0.3 is 11.9 Å². The molecule has 0 amide bonds. The molecule has 1 aromatic rings. The van der Waals surface area contributed by atoms with Crippen LogP contribution in [0.5, 0.6) is 0 Å². The summed E-state index contributed by atoms with van der Waals surface area (Å²) in [6, 6.07) is 9.25. The highest BCUT2D eigenvalue weighted by Gasteiger charge is 2.53. The highest BCUT2D eigenvalue weighted by Crippen LogP contribution is 2.38. The maximum atomic E-state index is 12.2. The van der Waals surface area contributed by atoms with Crippen molar-refractivity contribution in [1.82, 2.24) is 0 Å². The molecule has 25 heavy (non-hydrogen) atoms. The van der Waals surface area contributed by atoms with Crippen molar-refractivity contribution in [3.05, 3.63) is 47.4 Å². The molecule has 1 aromatic carbocycles. The Bertz CT molecular complexity index is 638. The average molecular weight is 350 g/mol. The van der Waals surface area contributed by atoms with Crippen LogP contribution in [-0.2, 0) is 39.9 Å². The summed E-state index contributed by atoms with van der Waals surface area (Å²) in [7, 11) is 1.33. The lowest BCUT2D eigenvalue weighted by Gasteiger charge is -2.27. The van der Waals surface area contributed by atoms with Crippen LogP contribution < -0.4 is 0 Å². The molecule has 7 heteroatoms. The fourth-order valence-corrected chi connectivity index (χ4v) is 2.40. The fourth-order valence-electron chi connectivity index (χ4n) is 2.40. The Morgan fingerprint density at radius 3 is 2.40 bits per heavy atom. The van der Waals surface area contributed by atoms with Crippen LogP contribution in [0.1, 0.15) is 25.8 Å². The lowest BCUT2D eigenvalue weighted by atomic mass is 10.1. The summed E-state index contributed by atoms with van der Waals surface area (Å²) in [5.74, 6) is -3.02. The zero-order valence-electron chi connectivity index (χ0n) is 14.6. The van der Waals surface area contributed by atoms with Crippen LogP contribution in [-0.4, -0.2) is 38.0 Å². The summed E-state index contributed by atoms with van der Waals surface area (Å²) in [6.45, 7) is 4.09. The minimum absolute atomic E-state index is 0.0565. The Balaban J connectivity index is 2.13. The van der Waals surface area contributed by atoms with Crippen LogP contribution in [0.15, 0.2) is 41.9 Å². The molecule has 1 atom stereocenters. The number of ether oxygens (including phenoxy) is 5. The highest BCUT2D eigenvalue weighted by atomic mass is 16.7. The van der Waals surface area contributed by atoms with Crippen LogP contribution in [0.3, 0.4) is 0 Å². The molecule has 1 aliphatic rings. The molecule has 0 aliphatic carbocycles. The van der Waals surface area contributed by atoms with Crippen molar-refractivity contribution >= 4 is 11.9 Å². The number of carbonyl (C=O) groups excluding carboxylic acids is 2. The molecule has 7 nitrogen and oxygen atoms in total. The maximum Gasteiger partial charge on any atom is 0.380 e. The van der Waals surface area contributed by atoms with E-state index in [1.165, 1.54) is 7.11 Å². The first-order valence-corrected chi connectivity index (χ1v) is 8.04. The summed E-state index contributed by atoms with van der Waals surface area (Å²) in [5.41, 5.74) is 0.848. The number of benzene rings is 1. The van der Waals surface area contributed by atoms with E-state index < -0.39 is 17.7 Å². The predicted octanol–water partition coefficient (Wildman–Crippen LogP) is 2.30. The third kappa shape index (κ3) is 4.30. The first kappa shape index (κ1) is 18.8. The van der Waals surface area contributed by atoms with E-state index in [-0.39, 0.29) is 37.8 Å². The van der Waals surface area contributed by atoms with Gasteiger partial charge in [-0.2, -0.15) is 0 Å². The Labute approximate surface area is 146 Å². The van der Waals surface area contributed by atoms with Gasteiger partial charge in [-0.1, -0.05) is 30.3 Å². The van der Waals surface area contributed by atoms with Crippen molar-refractivity contribution in [2.24, 2.45) is 0 Å². The first-order chi connectivity index (χ1) is 12.1. The molecule has 0 aromatic heterocycles. The molecule has 0 saturated heterocycles. The number of cyclic esters (lactones) is 1. The van der Waals surface area contributed by atoms with Gasteiger partial charge in [0.1, 0.15) is 13.0 Å². The standard InChI is InChI=1S/C18H22O7/c1-4-22-15-16(23-5-2)18(21-3,25-17(15)20)11-14(19)24-12-13-9-7-6-8-10-13/h6-10H,4-5,11-12H2,1-3H3. The van der Waals surface area contributed by atoms with Crippen molar-refractivity contribution in [3.63, 3.8) is 0 Å². The van der Waals surface area contributed by atoms with E-state index in [1.807, 2.05) is 30.3 Å². The number of carbonyl (C=O) groups is 2. The summed E-state index contributed by atoms with van der Waals surface area (Å²) in [4.78, 5) is 24.3. The van der Waals surface area contributed by atoms with Gasteiger partial charge in [0.25, 0.3) is 5.79 Å². The van der Waals surface area contributed by atoms with E-state index in [4.69, 9.17) is 23.7 Å². The highest BCUT2D eigenvalue weighted by molar-refractivity contribution is 5.91. The number of rotatable bonds is 9. The summed E-state index contributed by atoms with van der Waals surface area (Å²) >= 11 is 0. The minimum atomic E-state index is -1.68. The van der Waals surface area contributed by atoms with Crippen LogP contribution in [0.2, 0.25) is 0 Å². The molecule has 0 saturated carbocycles. The number of methoxy groups -OCH3 is 1. The quantitative estimate of drug-likeness (QED) is 0.632. The van der Waals surface area contributed by atoms with Gasteiger partial charge in [0.15, 0.2) is 0 Å². The van der Waals surface area contributed by atoms with Crippen molar-refractivity contribution in [2.45, 2.75) is 32.7 Å². The van der Waals surface area contributed by atoms with Crippen LogP contribution in [0.4, 0.5) is 0 Å². The normalized spacial score (nSPS) is 19.6. The van der Waals surface area contributed by atoms with Gasteiger partial charge in [0, 0.05) is 7.11 Å². The van der Waals surface area contributed by atoms with Crippen molar-refractivity contribution < 1.29 is 33.3 Å². The lowest BCUT2D eigenvalue weighted by Crippen LogP contribution is -2.38. The first-order valence-electron chi connectivity index (χ1n) is 8.04. The van der Waals surface area contributed by atoms with Gasteiger partial charge in [-0.15, -0.1) is 0 Å². The van der Waals surface area contributed by atoms with Gasteiger partial charge < -0.3 is 23.7 Å². The molecule has 0 spiro atoms. The second kappa shape index (κ2) is 8.53. The molecule has 1 heterocycles. The van der Waals surface area contributed by atoms with E-state index in [9.17, 15) is 9.59 Å². The van der Waals surface area contributed by atoms with Gasteiger partial charge in [0.05, 0.1) is 13.2 Å². The molecule has 1 unspecified atom stereocenters. The molecule has 0 N–H and O–H groups in total. The molecular formula is C18H22O7. The Morgan fingerprint density at radius 2 is 1.80 bits per heavy atom. The monoisotopic (exact) mass is 350 g/mol. The van der Waals surface area contributed by atoms with E-state index >= 15 is 0 Å². The molecule has 0 fully saturated rings. The lowest BCUT2D eigenvalue weighted by molar-refractivity contribution is -0.211. The predicted molar refractivity (Wildman–Crippen MR) is 87.0 cm³/mol. The molecule has 136 valence electrons. The van der Waals surface area contributed by atoms with E-state index in [1.54, 1.807) is 13.8 Å². The van der Waals surface area contributed by atoms with Crippen molar-refractivity contribution in [3.8, 4) is 0 Å². The van der Waals surface area contributed by atoms with E-state index in [0.29, 0.717) is 0 Å². The Morgan fingerprint density at radius 1 is 1.12 bits per heavy atom. The smallest absolute Gasteiger partial charge is 0.380 e. The summed E-state index contributed by atoms with van der Waals surface area (Å²) in [5, 5.41) is 0. The largest absolute Gasteiger partial charge is 0.488 e. The fraction of sp³-hybridized carbons (Fsp3) is 0.444. The number of hydrogen-bond donors (Lipinski definition) is 0. The van der Waals surface area contributed by atoms with Crippen molar-refractivity contribution in [1.29, 1.82) is 0 Å². The van der Waals surface area contributed by atoms with Crippen LogP contribution in [0, 0.1) is 0 Å². The topological polar surface area (TPSA) is 80.3 Å². The van der Waals surface area contributed by atoms with E-state index in [0.717, 1.165) is 5.56 Å². The third-order valence-electron chi connectivity index (χ3n) is 3.52. The summed E-state index contributed by atoms with van der Waals surface area (Å²) < 4.78 is 26.6. The molecule has 0 radical (unpaired) electrons. The second-order valence-corrected chi connectivity index (χ2v) is 5.19. The molecule has 1 aliphatic heterocycles. The van der Waals surface area contributed by atoms with Crippen LogP contribution in [0.25, 0.3) is 0 Å². The maximum absolute atomic E-state index is 12.2. The van der Waals surface area contributed by atoms with Gasteiger partial charge in [-0.3, -0.25) is 4.79 Å². The SMILES string of the molecule is CCOC1=C(OCC)C(CC(=O)OCc2ccccc2)(OC)OC1=O. The van der Waals surface area contributed by atoms with Gasteiger partial charge in [-0.05, 0) is 19.4 Å². The molecule has 2 rings (SSSR count). The number of hydrogen-bond acceptors (Lipinski definition) is 7. The average Bonchev–Trinajstić information content (AvgIpc) is 2.87. The zero-order valence-corrected chi connectivity index (χ0v) is 14.6. The number of esters is 2. The third-order valence-corrected chi connectivity index (χ3v) is 3.52. The Hall–Kier alpha value is -2.54. The van der Waals surface area contributed by atoms with E-state index in [2.05, 4.69) is 0 Å². The minimum Gasteiger partial charge on any atom is -0.488 e. The van der Waals surface area contributed by atoms with Crippen LogP contribution >= 0.6 is 0 Å².